The average molecular weight is 367 g/mol. The molecule has 1 aromatic carbocycles. The fourth-order valence-corrected chi connectivity index (χ4v) is 3.30. The van der Waals surface area contributed by atoms with Gasteiger partial charge in [-0.25, -0.2) is 0 Å². The maximum atomic E-state index is 12.6. The van der Waals surface area contributed by atoms with Crippen LogP contribution in [0, 0.1) is 13.8 Å². The maximum Gasteiger partial charge on any atom is 0.237 e. The largest absolute Gasteiger partial charge is 0.325 e. The number of carbonyl (C=O) groups is 1. The lowest BCUT2D eigenvalue weighted by atomic mass is 10.1. The van der Waals surface area contributed by atoms with Gasteiger partial charge in [0.15, 0.2) is 11.0 Å². The molecule has 3 aromatic rings. The number of pyridine rings is 1. The number of benzene rings is 1. The lowest BCUT2D eigenvalue weighted by Crippen LogP contribution is -2.23. The zero-order valence-electron chi connectivity index (χ0n) is 15.2. The average Bonchev–Trinajstić information content (AvgIpc) is 2.99. The van der Waals surface area contributed by atoms with E-state index in [0.29, 0.717) is 5.16 Å². The molecule has 0 radical (unpaired) electrons. The number of hydrogen-bond acceptors (Lipinski definition) is 5. The van der Waals surface area contributed by atoms with Crippen molar-refractivity contribution >= 4 is 23.4 Å². The van der Waals surface area contributed by atoms with Crippen molar-refractivity contribution < 1.29 is 4.79 Å². The Morgan fingerprint density at radius 2 is 1.88 bits per heavy atom. The SMILES string of the molecule is Cc1ccc(C)c(NC(=O)[C@@H](C)Sc2nnc(-c3ccncc3)n2C)c1. The van der Waals surface area contributed by atoms with Crippen molar-refractivity contribution in [2.75, 3.05) is 5.32 Å². The Morgan fingerprint density at radius 3 is 2.62 bits per heavy atom. The first-order chi connectivity index (χ1) is 12.5. The van der Waals surface area contributed by atoms with Crippen LogP contribution < -0.4 is 5.32 Å². The number of aryl methyl sites for hydroxylation is 2. The molecular formula is C19H21N5OS. The third kappa shape index (κ3) is 3.94. The van der Waals surface area contributed by atoms with E-state index in [-0.39, 0.29) is 11.2 Å². The van der Waals surface area contributed by atoms with Gasteiger partial charge in [-0.05, 0) is 50.1 Å². The van der Waals surface area contributed by atoms with Gasteiger partial charge >= 0.3 is 0 Å². The minimum absolute atomic E-state index is 0.0582. The third-order valence-corrected chi connectivity index (χ3v) is 5.21. The Labute approximate surface area is 157 Å². The fourth-order valence-electron chi connectivity index (χ4n) is 2.49. The van der Waals surface area contributed by atoms with E-state index in [0.717, 1.165) is 28.2 Å². The monoisotopic (exact) mass is 367 g/mol. The smallest absolute Gasteiger partial charge is 0.237 e. The number of hydrogen-bond donors (Lipinski definition) is 1. The second kappa shape index (κ2) is 7.70. The summed E-state index contributed by atoms with van der Waals surface area (Å²) >= 11 is 1.38. The number of nitrogens with one attached hydrogen (secondary N) is 1. The molecule has 1 N–H and O–H groups in total. The van der Waals surface area contributed by atoms with Crippen molar-refractivity contribution in [3.63, 3.8) is 0 Å². The molecule has 0 fully saturated rings. The summed E-state index contributed by atoms with van der Waals surface area (Å²) in [7, 11) is 1.90. The molecular weight excluding hydrogens is 346 g/mol. The summed E-state index contributed by atoms with van der Waals surface area (Å²) < 4.78 is 1.89. The summed E-state index contributed by atoms with van der Waals surface area (Å²) in [6, 6.07) is 9.79. The van der Waals surface area contributed by atoms with Gasteiger partial charge < -0.3 is 9.88 Å². The van der Waals surface area contributed by atoms with Gasteiger partial charge in [-0.3, -0.25) is 9.78 Å². The van der Waals surface area contributed by atoms with Gasteiger partial charge in [-0.1, -0.05) is 23.9 Å². The lowest BCUT2D eigenvalue weighted by molar-refractivity contribution is -0.115. The van der Waals surface area contributed by atoms with Crippen LogP contribution in [0.1, 0.15) is 18.1 Å². The first kappa shape index (κ1) is 18.1. The molecule has 0 saturated carbocycles. The zero-order valence-corrected chi connectivity index (χ0v) is 16.0. The second-order valence-corrected chi connectivity index (χ2v) is 7.48. The number of anilines is 1. The Hall–Kier alpha value is -2.67. The number of rotatable bonds is 5. The second-order valence-electron chi connectivity index (χ2n) is 6.17. The first-order valence-corrected chi connectivity index (χ1v) is 9.18. The van der Waals surface area contributed by atoms with Gasteiger partial charge in [-0.2, -0.15) is 0 Å². The first-order valence-electron chi connectivity index (χ1n) is 8.30. The molecule has 6 nitrogen and oxygen atoms in total. The van der Waals surface area contributed by atoms with Crippen LogP contribution in [0.2, 0.25) is 0 Å². The van der Waals surface area contributed by atoms with Crippen LogP contribution in [0.3, 0.4) is 0 Å². The van der Waals surface area contributed by atoms with Gasteiger partial charge in [0.05, 0.1) is 5.25 Å². The van der Waals surface area contributed by atoms with Crippen molar-refractivity contribution in [2.45, 2.75) is 31.2 Å². The molecule has 0 aliphatic carbocycles. The lowest BCUT2D eigenvalue weighted by Gasteiger charge is -2.13. The third-order valence-electron chi connectivity index (χ3n) is 4.08. The van der Waals surface area contributed by atoms with E-state index in [2.05, 4.69) is 20.5 Å². The van der Waals surface area contributed by atoms with Gasteiger partial charge in [0, 0.05) is 30.7 Å². The molecule has 0 spiro atoms. The molecule has 1 atom stereocenters. The molecule has 3 rings (SSSR count). The number of thioether (sulfide) groups is 1. The predicted molar refractivity (Wildman–Crippen MR) is 104 cm³/mol. The molecule has 26 heavy (non-hydrogen) atoms. The highest BCUT2D eigenvalue weighted by Gasteiger charge is 2.20. The van der Waals surface area contributed by atoms with Gasteiger partial charge in [0.2, 0.25) is 5.91 Å². The molecule has 2 heterocycles. The number of aromatic nitrogens is 4. The van der Waals surface area contributed by atoms with Gasteiger partial charge in [0.1, 0.15) is 0 Å². The fraction of sp³-hybridized carbons (Fsp3) is 0.263. The van der Waals surface area contributed by atoms with Crippen LogP contribution in [0.4, 0.5) is 5.69 Å². The summed E-state index contributed by atoms with van der Waals surface area (Å²) in [4.78, 5) is 16.6. The summed E-state index contributed by atoms with van der Waals surface area (Å²) in [6.45, 7) is 5.86. The highest BCUT2D eigenvalue weighted by atomic mass is 32.2. The normalized spacial score (nSPS) is 12.0. The Kier molecular flexibility index (Phi) is 5.37. The minimum Gasteiger partial charge on any atom is -0.325 e. The summed E-state index contributed by atoms with van der Waals surface area (Å²) in [6.07, 6.45) is 3.44. The molecule has 7 heteroatoms. The predicted octanol–water partition coefficient (Wildman–Crippen LogP) is 3.61. The van der Waals surface area contributed by atoms with Crippen LogP contribution in [0.5, 0.6) is 0 Å². The van der Waals surface area contributed by atoms with Crippen LogP contribution in [0.15, 0.2) is 47.9 Å². The van der Waals surface area contributed by atoms with Crippen molar-refractivity contribution in [1.82, 2.24) is 19.7 Å². The topological polar surface area (TPSA) is 72.7 Å². The van der Waals surface area contributed by atoms with Crippen molar-refractivity contribution in [2.24, 2.45) is 7.05 Å². The van der Waals surface area contributed by atoms with Crippen LogP contribution in [-0.2, 0) is 11.8 Å². The van der Waals surface area contributed by atoms with E-state index in [9.17, 15) is 4.79 Å². The standard InChI is InChI=1S/C19H21N5OS/c1-12-5-6-13(2)16(11-12)21-18(25)14(3)26-19-23-22-17(24(19)4)15-7-9-20-10-8-15/h5-11,14H,1-4H3,(H,21,25)/t14-/m1/s1. The molecule has 0 unspecified atom stereocenters. The molecule has 134 valence electrons. The van der Waals surface area contributed by atoms with E-state index < -0.39 is 0 Å². The van der Waals surface area contributed by atoms with E-state index in [1.807, 2.05) is 62.7 Å². The molecule has 0 saturated heterocycles. The number of amides is 1. The maximum absolute atomic E-state index is 12.6. The Morgan fingerprint density at radius 1 is 1.15 bits per heavy atom. The summed E-state index contributed by atoms with van der Waals surface area (Å²) in [5, 5.41) is 11.9. The zero-order chi connectivity index (χ0) is 18.7. The van der Waals surface area contributed by atoms with Crippen LogP contribution >= 0.6 is 11.8 Å². The van der Waals surface area contributed by atoms with Gasteiger partial charge in [0.25, 0.3) is 0 Å². The van der Waals surface area contributed by atoms with E-state index in [4.69, 9.17) is 0 Å². The minimum atomic E-state index is -0.303. The Bertz CT molecular complexity index is 923. The number of nitrogens with zero attached hydrogens (tertiary/aromatic N) is 4. The van der Waals surface area contributed by atoms with Crippen LogP contribution in [0.25, 0.3) is 11.4 Å². The van der Waals surface area contributed by atoms with Crippen molar-refractivity contribution in [3.05, 3.63) is 53.9 Å². The summed E-state index contributed by atoms with van der Waals surface area (Å²) in [5.74, 6) is 0.689. The highest BCUT2D eigenvalue weighted by Crippen LogP contribution is 2.26. The van der Waals surface area contributed by atoms with E-state index in [1.165, 1.54) is 11.8 Å². The Balaban J connectivity index is 1.72. The molecule has 1 amide bonds. The van der Waals surface area contributed by atoms with E-state index >= 15 is 0 Å². The van der Waals surface area contributed by atoms with Gasteiger partial charge in [-0.15, -0.1) is 10.2 Å². The van der Waals surface area contributed by atoms with Crippen molar-refractivity contribution in [1.29, 1.82) is 0 Å². The molecule has 2 aromatic heterocycles. The molecule has 0 aliphatic rings. The van der Waals surface area contributed by atoms with Crippen molar-refractivity contribution in [3.8, 4) is 11.4 Å². The van der Waals surface area contributed by atoms with Crippen LogP contribution in [-0.4, -0.2) is 30.9 Å². The number of carbonyl (C=O) groups excluding carboxylic acids is 1. The molecule has 0 aliphatic heterocycles. The highest BCUT2D eigenvalue weighted by molar-refractivity contribution is 8.00. The quantitative estimate of drug-likeness (QED) is 0.698. The van der Waals surface area contributed by atoms with E-state index in [1.54, 1.807) is 12.4 Å². The molecule has 0 bridgehead atoms. The summed E-state index contributed by atoms with van der Waals surface area (Å²) in [5.41, 5.74) is 3.94.